The smallest absolute Gasteiger partial charge is 0.267 e. The van der Waals surface area contributed by atoms with Gasteiger partial charge in [0.2, 0.25) is 0 Å². The molecule has 0 N–H and O–H groups in total. The van der Waals surface area contributed by atoms with Crippen LogP contribution in [0.5, 0.6) is 0 Å². The molecule has 0 saturated heterocycles. The van der Waals surface area contributed by atoms with E-state index >= 15 is 0 Å². The van der Waals surface area contributed by atoms with Crippen molar-refractivity contribution in [2.45, 2.75) is 44.8 Å². The SMILES string of the molecule is CCS(=O)(=O)OC1CCC(OC)CC1. The van der Waals surface area contributed by atoms with E-state index in [1.165, 1.54) is 0 Å². The van der Waals surface area contributed by atoms with E-state index in [4.69, 9.17) is 8.92 Å². The van der Waals surface area contributed by atoms with Gasteiger partial charge in [-0.15, -0.1) is 0 Å². The average Bonchev–Trinajstić information content (AvgIpc) is 2.19. The summed E-state index contributed by atoms with van der Waals surface area (Å²) in [5, 5.41) is 0. The van der Waals surface area contributed by atoms with Gasteiger partial charge in [-0.05, 0) is 32.6 Å². The minimum absolute atomic E-state index is 0.0528. The van der Waals surface area contributed by atoms with Crippen LogP contribution < -0.4 is 0 Å². The topological polar surface area (TPSA) is 52.6 Å². The molecule has 0 atom stereocenters. The van der Waals surface area contributed by atoms with E-state index in [1.807, 2.05) is 0 Å². The molecule has 0 heterocycles. The van der Waals surface area contributed by atoms with E-state index in [-0.39, 0.29) is 18.0 Å². The number of methoxy groups -OCH3 is 1. The molecule has 4 nitrogen and oxygen atoms in total. The molecule has 5 heteroatoms. The Morgan fingerprint density at radius 3 is 2.07 bits per heavy atom. The molecule has 0 aromatic heterocycles. The molecule has 84 valence electrons. The number of hydrogen-bond acceptors (Lipinski definition) is 4. The Labute approximate surface area is 85.7 Å². The van der Waals surface area contributed by atoms with Gasteiger partial charge in [0.25, 0.3) is 10.1 Å². The van der Waals surface area contributed by atoms with Gasteiger partial charge in [-0.25, -0.2) is 0 Å². The molecule has 1 rings (SSSR count). The average molecular weight is 222 g/mol. The molecule has 0 aliphatic heterocycles. The second-order valence-electron chi connectivity index (χ2n) is 3.58. The summed E-state index contributed by atoms with van der Waals surface area (Å²) in [5.41, 5.74) is 0. The molecule has 1 aliphatic carbocycles. The van der Waals surface area contributed by atoms with Crippen LogP contribution >= 0.6 is 0 Å². The van der Waals surface area contributed by atoms with E-state index < -0.39 is 10.1 Å². The molecular formula is C9H18O4S. The summed E-state index contributed by atoms with van der Waals surface area (Å²) in [6, 6.07) is 0. The lowest BCUT2D eigenvalue weighted by molar-refractivity contribution is 0.0347. The fourth-order valence-corrected chi connectivity index (χ4v) is 2.38. The van der Waals surface area contributed by atoms with E-state index in [1.54, 1.807) is 14.0 Å². The molecule has 0 unspecified atom stereocenters. The lowest BCUT2D eigenvalue weighted by Gasteiger charge is -2.26. The Kier molecular flexibility index (Phi) is 4.34. The van der Waals surface area contributed by atoms with E-state index in [9.17, 15) is 8.42 Å². The third kappa shape index (κ3) is 3.55. The van der Waals surface area contributed by atoms with Crippen molar-refractivity contribution in [3.63, 3.8) is 0 Å². The molecule has 0 bridgehead atoms. The maximum absolute atomic E-state index is 11.2. The van der Waals surface area contributed by atoms with Gasteiger partial charge >= 0.3 is 0 Å². The Bertz CT molecular complexity index is 252. The highest BCUT2D eigenvalue weighted by Crippen LogP contribution is 2.24. The summed E-state index contributed by atoms with van der Waals surface area (Å²) < 4.78 is 32.6. The molecular weight excluding hydrogens is 204 g/mol. The summed E-state index contributed by atoms with van der Waals surface area (Å²) in [5.74, 6) is 0.0528. The molecule has 0 spiro atoms. The predicted octanol–water partition coefficient (Wildman–Crippen LogP) is 1.31. The highest BCUT2D eigenvalue weighted by atomic mass is 32.2. The van der Waals surface area contributed by atoms with Gasteiger partial charge in [0.05, 0.1) is 18.0 Å². The fourth-order valence-electron chi connectivity index (χ4n) is 1.64. The summed E-state index contributed by atoms with van der Waals surface area (Å²) in [6.07, 6.45) is 3.47. The highest BCUT2D eigenvalue weighted by Gasteiger charge is 2.24. The monoisotopic (exact) mass is 222 g/mol. The first kappa shape index (κ1) is 11.9. The largest absolute Gasteiger partial charge is 0.381 e. The molecule has 0 amide bonds. The fraction of sp³-hybridized carbons (Fsp3) is 1.00. The molecule has 1 aliphatic rings. The normalized spacial score (nSPS) is 29.0. The van der Waals surface area contributed by atoms with Crippen molar-refractivity contribution in [2.24, 2.45) is 0 Å². The first-order chi connectivity index (χ1) is 6.57. The summed E-state index contributed by atoms with van der Waals surface area (Å²) >= 11 is 0. The van der Waals surface area contributed by atoms with Crippen molar-refractivity contribution in [3.05, 3.63) is 0 Å². The van der Waals surface area contributed by atoms with Gasteiger partial charge in [-0.1, -0.05) is 0 Å². The Morgan fingerprint density at radius 1 is 1.14 bits per heavy atom. The van der Waals surface area contributed by atoms with Crippen LogP contribution in [0, 0.1) is 0 Å². The van der Waals surface area contributed by atoms with Crippen LogP contribution in [-0.4, -0.2) is 33.5 Å². The second kappa shape index (κ2) is 5.09. The van der Waals surface area contributed by atoms with Crippen molar-refractivity contribution in [1.29, 1.82) is 0 Å². The summed E-state index contributed by atoms with van der Waals surface area (Å²) in [6.45, 7) is 1.59. The number of hydrogen-bond donors (Lipinski definition) is 0. The summed E-state index contributed by atoms with van der Waals surface area (Å²) in [7, 11) is -1.60. The van der Waals surface area contributed by atoms with Crippen LogP contribution in [-0.2, 0) is 19.0 Å². The first-order valence-corrected chi connectivity index (χ1v) is 6.59. The van der Waals surface area contributed by atoms with Gasteiger partial charge in [0, 0.05) is 7.11 Å². The van der Waals surface area contributed by atoms with E-state index in [0.717, 1.165) is 25.7 Å². The number of rotatable bonds is 4. The molecule has 14 heavy (non-hydrogen) atoms. The van der Waals surface area contributed by atoms with Crippen LogP contribution in [0.15, 0.2) is 0 Å². The van der Waals surface area contributed by atoms with E-state index in [2.05, 4.69) is 0 Å². The lowest BCUT2D eigenvalue weighted by atomic mass is 9.95. The summed E-state index contributed by atoms with van der Waals surface area (Å²) in [4.78, 5) is 0. The van der Waals surface area contributed by atoms with Crippen molar-refractivity contribution >= 4 is 10.1 Å². The first-order valence-electron chi connectivity index (χ1n) is 5.01. The van der Waals surface area contributed by atoms with E-state index in [0.29, 0.717) is 0 Å². The zero-order chi connectivity index (χ0) is 10.6. The molecule has 0 aromatic rings. The van der Waals surface area contributed by atoms with Crippen molar-refractivity contribution in [3.8, 4) is 0 Å². The Balaban J connectivity index is 2.36. The van der Waals surface area contributed by atoms with Crippen LogP contribution in [0.25, 0.3) is 0 Å². The second-order valence-corrected chi connectivity index (χ2v) is 5.46. The highest BCUT2D eigenvalue weighted by molar-refractivity contribution is 7.86. The minimum Gasteiger partial charge on any atom is -0.381 e. The maximum atomic E-state index is 11.2. The zero-order valence-electron chi connectivity index (χ0n) is 8.73. The Hall–Kier alpha value is -0.130. The van der Waals surface area contributed by atoms with Gasteiger partial charge < -0.3 is 4.74 Å². The van der Waals surface area contributed by atoms with Crippen molar-refractivity contribution in [2.75, 3.05) is 12.9 Å². The molecule has 1 fully saturated rings. The van der Waals surface area contributed by atoms with Crippen LogP contribution in [0.2, 0.25) is 0 Å². The quantitative estimate of drug-likeness (QED) is 0.673. The maximum Gasteiger partial charge on any atom is 0.267 e. The van der Waals surface area contributed by atoms with Crippen molar-refractivity contribution in [1.82, 2.24) is 0 Å². The Morgan fingerprint density at radius 2 is 1.64 bits per heavy atom. The van der Waals surface area contributed by atoms with Gasteiger partial charge in [0.1, 0.15) is 0 Å². The molecule has 1 saturated carbocycles. The van der Waals surface area contributed by atoms with Crippen LogP contribution in [0.1, 0.15) is 32.6 Å². The van der Waals surface area contributed by atoms with Crippen LogP contribution in [0.4, 0.5) is 0 Å². The third-order valence-corrected chi connectivity index (χ3v) is 3.86. The van der Waals surface area contributed by atoms with Gasteiger partial charge in [-0.2, -0.15) is 8.42 Å². The minimum atomic E-state index is -3.28. The standard InChI is InChI=1S/C9H18O4S/c1-3-14(10,11)13-9-6-4-8(12-2)5-7-9/h8-9H,3-7H2,1-2H3. The lowest BCUT2D eigenvalue weighted by Crippen LogP contribution is -2.28. The van der Waals surface area contributed by atoms with Crippen LogP contribution in [0.3, 0.4) is 0 Å². The molecule has 0 aromatic carbocycles. The molecule has 0 radical (unpaired) electrons. The van der Waals surface area contributed by atoms with Gasteiger partial charge in [-0.3, -0.25) is 4.18 Å². The third-order valence-electron chi connectivity index (χ3n) is 2.59. The number of ether oxygens (including phenoxy) is 1. The predicted molar refractivity (Wildman–Crippen MR) is 53.6 cm³/mol. The van der Waals surface area contributed by atoms with Gasteiger partial charge in [0.15, 0.2) is 0 Å². The van der Waals surface area contributed by atoms with Crippen molar-refractivity contribution < 1.29 is 17.3 Å². The zero-order valence-corrected chi connectivity index (χ0v) is 9.55.